The molecule has 0 saturated carbocycles. The van der Waals surface area contributed by atoms with Crippen LogP contribution in [0.3, 0.4) is 0 Å². The van der Waals surface area contributed by atoms with Crippen LogP contribution in [0.15, 0.2) is 47.5 Å². The smallest absolute Gasteiger partial charge is 0.270 e. The second-order valence-electron chi connectivity index (χ2n) is 7.09. The van der Waals surface area contributed by atoms with Gasteiger partial charge >= 0.3 is 0 Å². The molecule has 2 aromatic carbocycles. The fourth-order valence-electron chi connectivity index (χ4n) is 3.41. The fourth-order valence-corrected chi connectivity index (χ4v) is 4.14. The molecule has 1 heterocycles. The lowest BCUT2D eigenvalue weighted by Crippen LogP contribution is -2.40. The first-order valence-electron chi connectivity index (χ1n) is 10.1. The zero-order valence-electron chi connectivity index (χ0n) is 17.4. The molecule has 0 spiro atoms. The summed E-state index contributed by atoms with van der Waals surface area (Å²) in [6.07, 6.45) is 2.13. The van der Waals surface area contributed by atoms with Crippen LogP contribution in [0.5, 0.6) is 0 Å². The molecule has 9 heteroatoms. The van der Waals surface area contributed by atoms with Crippen LogP contribution in [0.1, 0.15) is 44.2 Å². The van der Waals surface area contributed by atoms with E-state index in [2.05, 4.69) is 0 Å². The Morgan fingerprint density at radius 3 is 2.61 bits per heavy atom. The van der Waals surface area contributed by atoms with Gasteiger partial charge in [0.1, 0.15) is 17.7 Å². The van der Waals surface area contributed by atoms with Gasteiger partial charge in [-0.2, -0.15) is 0 Å². The minimum absolute atomic E-state index is 0.108. The molecule has 0 radical (unpaired) electrons. The second-order valence-corrected chi connectivity index (χ2v) is 8.18. The zero-order valence-corrected chi connectivity index (χ0v) is 18.2. The van der Waals surface area contributed by atoms with Crippen molar-refractivity contribution in [2.75, 3.05) is 10.7 Å². The number of aliphatic imine (C=N–C) groups is 1. The van der Waals surface area contributed by atoms with Crippen LogP contribution in [0.4, 0.5) is 15.8 Å². The highest BCUT2D eigenvalue weighted by Crippen LogP contribution is 2.34. The Kier molecular flexibility index (Phi) is 7.17. The SMILES string of the molecule is CCCSC(=N)N1C(=N)[C@H](CCC)N=C(c2ccccc2F)c2cc([N+](=O)[O-])ccc21. The number of nitro benzene ring substituents is 1. The van der Waals surface area contributed by atoms with Gasteiger partial charge in [-0.25, -0.2) is 4.39 Å². The van der Waals surface area contributed by atoms with Crippen LogP contribution in [0, 0.1) is 26.8 Å². The Labute approximate surface area is 184 Å². The monoisotopic (exact) mass is 441 g/mol. The van der Waals surface area contributed by atoms with E-state index in [1.165, 1.54) is 40.9 Å². The lowest BCUT2D eigenvalue weighted by atomic mass is 9.99. The summed E-state index contributed by atoms with van der Waals surface area (Å²) >= 11 is 1.30. The number of rotatable bonds is 6. The number of thioether (sulfide) groups is 1. The standard InChI is InChI=1S/C22H24FN5O2S/c1-3-7-18-21(24)27(22(25)31-12-4-2)19-11-10-14(28(29)30)13-16(19)20(26-18)15-8-5-6-9-17(15)23/h5-6,8-11,13,18,24-25H,3-4,7,12H2,1-2H3/t18-/m0/s1. The summed E-state index contributed by atoms with van der Waals surface area (Å²) in [6, 6.07) is 9.76. The predicted octanol–water partition coefficient (Wildman–Crippen LogP) is 5.62. The first kappa shape index (κ1) is 22.6. The molecule has 2 N–H and O–H groups in total. The molecule has 0 unspecified atom stereocenters. The van der Waals surface area contributed by atoms with Gasteiger partial charge in [0.2, 0.25) is 0 Å². The number of fused-ring (bicyclic) bond motifs is 1. The number of nitrogens with zero attached hydrogens (tertiary/aromatic N) is 3. The summed E-state index contributed by atoms with van der Waals surface area (Å²) in [5.74, 6) is 0.311. The fraction of sp³-hybridized carbons (Fsp3) is 0.318. The second kappa shape index (κ2) is 9.82. The van der Waals surface area contributed by atoms with Gasteiger partial charge in [-0.1, -0.05) is 44.2 Å². The van der Waals surface area contributed by atoms with Crippen LogP contribution in [-0.4, -0.2) is 33.4 Å². The van der Waals surface area contributed by atoms with Crippen molar-refractivity contribution < 1.29 is 9.31 Å². The van der Waals surface area contributed by atoms with Gasteiger partial charge in [-0.3, -0.25) is 30.8 Å². The van der Waals surface area contributed by atoms with Gasteiger partial charge in [-0.05, 0) is 31.0 Å². The molecular weight excluding hydrogens is 417 g/mol. The van der Waals surface area contributed by atoms with Crippen molar-refractivity contribution >= 4 is 39.9 Å². The Morgan fingerprint density at radius 2 is 1.97 bits per heavy atom. The van der Waals surface area contributed by atoms with Gasteiger partial charge in [-0.15, -0.1) is 0 Å². The number of non-ortho nitro benzene ring substituents is 1. The van der Waals surface area contributed by atoms with E-state index in [4.69, 9.17) is 15.8 Å². The summed E-state index contributed by atoms with van der Waals surface area (Å²) < 4.78 is 14.8. The van der Waals surface area contributed by atoms with Crippen molar-refractivity contribution in [1.29, 1.82) is 10.8 Å². The van der Waals surface area contributed by atoms with E-state index in [-0.39, 0.29) is 28.0 Å². The van der Waals surface area contributed by atoms with Gasteiger partial charge in [0.25, 0.3) is 5.69 Å². The quantitative estimate of drug-likeness (QED) is 0.263. The Balaban J connectivity index is 2.29. The van der Waals surface area contributed by atoms with Crippen molar-refractivity contribution in [3.05, 3.63) is 69.5 Å². The number of nitro groups is 1. The van der Waals surface area contributed by atoms with E-state index in [0.29, 0.717) is 23.4 Å². The van der Waals surface area contributed by atoms with Crippen LogP contribution in [0.2, 0.25) is 0 Å². The minimum atomic E-state index is -0.603. The van der Waals surface area contributed by atoms with Crippen LogP contribution < -0.4 is 4.90 Å². The number of hydrogen-bond acceptors (Lipinski definition) is 6. The average Bonchev–Trinajstić information content (AvgIpc) is 2.87. The Bertz CT molecular complexity index is 1060. The molecule has 162 valence electrons. The zero-order chi connectivity index (χ0) is 22.5. The first-order chi connectivity index (χ1) is 14.9. The molecule has 2 aromatic rings. The molecule has 31 heavy (non-hydrogen) atoms. The van der Waals surface area contributed by atoms with E-state index < -0.39 is 16.8 Å². The number of benzodiazepines with no additional fused rings is 1. The molecule has 1 aliphatic heterocycles. The van der Waals surface area contributed by atoms with Gasteiger partial charge in [0.15, 0.2) is 5.17 Å². The van der Waals surface area contributed by atoms with E-state index in [1.807, 2.05) is 13.8 Å². The van der Waals surface area contributed by atoms with E-state index in [9.17, 15) is 14.5 Å². The van der Waals surface area contributed by atoms with Crippen molar-refractivity contribution in [3.63, 3.8) is 0 Å². The molecular formula is C22H24FN5O2S. The minimum Gasteiger partial charge on any atom is -0.286 e. The third-order valence-corrected chi connectivity index (χ3v) is 5.93. The molecule has 0 aliphatic carbocycles. The number of amidine groups is 2. The maximum atomic E-state index is 14.8. The highest BCUT2D eigenvalue weighted by Gasteiger charge is 2.33. The number of benzene rings is 2. The summed E-state index contributed by atoms with van der Waals surface area (Å²) in [5.41, 5.74) is 1.08. The van der Waals surface area contributed by atoms with Crippen molar-refractivity contribution in [3.8, 4) is 0 Å². The van der Waals surface area contributed by atoms with Gasteiger partial charge in [0, 0.05) is 29.0 Å². The number of hydrogen-bond donors (Lipinski definition) is 2. The highest BCUT2D eigenvalue weighted by molar-refractivity contribution is 8.14. The molecule has 7 nitrogen and oxygen atoms in total. The summed E-state index contributed by atoms with van der Waals surface area (Å²) in [4.78, 5) is 17.1. The first-order valence-corrected chi connectivity index (χ1v) is 11.1. The molecule has 0 aromatic heterocycles. The largest absolute Gasteiger partial charge is 0.286 e. The Hall–Kier alpha value is -3.07. The molecule has 1 aliphatic rings. The van der Waals surface area contributed by atoms with Crippen molar-refractivity contribution in [2.24, 2.45) is 4.99 Å². The van der Waals surface area contributed by atoms with E-state index in [1.54, 1.807) is 18.2 Å². The van der Waals surface area contributed by atoms with Crippen LogP contribution in [0.25, 0.3) is 0 Å². The van der Waals surface area contributed by atoms with E-state index in [0.717, 1.165) is 12.8 Å². The molecule has 1 atom stereocenters. The van der Waals surface area contributed by atoms with E-state index >= 15 is 0 Å². The lowest BCUT2D eigenvalue weighted by molar-refractivity contribution is -0.384. The van der Waals surface area contributed by atoms with Crippen LogP contribution >= 0.6 is 11.8 Å². The summed E-state index contributed by atoms with van der Waals surface area (Å²) in [5, 5.41) is 29.0. The third-order valence-electron chi connectivity index (χ3n) is 4.87. The maximum Gasteiger partial charge on any atom is 0.270 e. The van der Waals surface area contributed by atoms with Gasteiger partial charge < -0.3 is 0 Å². The average molecular weight is 442 g/mol. The van der Waals surface area contributed by atoms with Crippen LogP contribution in [-0.2, 0) is 0 Å². The molecule has 0 amide bonds. The molecule has 0 saturated heterocycles. The third kappa shape index (κ3) is 4.66. The molecule has 0 bridgehead atoms. The lowest BCUT2D eigenvalue weighted by Gasteiger charge is -2.27. The topological polar surface area (TPSA) is 106 Å². The van der Waals surface area contributed by atoms with Crippen molar-refractivity contribution in [2.45, 2.75) is 39.2 Å². The molecule has 3 rings (SSSR count). The summed E-state index contributed by atoms with van der Waals surface area (Å²) in [7, 11) is 0. The van der Waals surface area contributed by atoms with Gasteiger partial charge in [0.05, 0.1) is 16.3 Å². The predicted molar refractivity (Wildman–Crippen MR) is 125 cm³/mol. The van der Waals surface area contributed by atoms with Crippen molar-refractivity contribution in [1.82, 2.24) is 0 Å². The normalized spacial score (nSPS) is 15.8. The highest BCUT2D eigenvalue weighted by atomic mass is 32.2. The summed E-state index contributed by atoms with van der Waals surface area (Å²) in [6.45, 7) is 3.97. The molecule has 0 fully saturated rings. The number of halogens is 1. The Morgan fingerprint density at radius 1 is 1.23 bits per heavy atom. The maximum absolute atomic E-state index is 14.8. The number of anilines is 1. The number of nitrogens with one attached hydrogen (secondary N) is 2.